The molecule has 0 saturated heterocycles. The first kappa shape index (κ1) is 29.2. The minimum Gasteiger partial charge on any atom is -0.458 e. The molecular formula is C30H33FN4O7. The number of aliphatic hydroxyl groups is 1. The fourth-order valence-electron chi connectivity index (χ4n) is 5.35. The first-order valence-electron chi connectivity index (χ1n) is 13.7. The summed E-state index contributed by atoms with van der Waals surface area (Å²) < 4.78 is 26.3. The van der Waals surface area contributed by atoms with Gasteiger partial charge in [-0.25, -0.2) is 19.0 Å². The van der Waals surface area contributed by atoms with Crippen LogP contribution in [-0.4, -0.2) is 51.3 Å². The van der Waals surface area contributed by atoms with Crippen LogP contribution in [0.4, 0.5) is 9.18 Å². The number of pyridine rings is 2. The van der Waals surface area contributed by atoms with Gasteiger partial charge in [0.05, 0.1) is 35.6 Å². The first-order valence-corrected chi connectivity index (χ1v) is 13.7. The number of amides is 2. The molecule has 3 aromatic rings. The highest BCUT2D eigenvalue weighted by molar-refractivity contribution is 5.89. The van der Waals surface area contributed by atoms with Gasteiger partial charge in [0.2, 0.25) is 5.91 Å². The van der Waals surface area contributed by atoms with Crippen molar-refractivity contribution in [3.63, 3.8) is 0 Å². The molecule has 4 heterocycles. The average Bonchev–Trinajstić information content (AvgIpc) is 3.26. The Morgan fingerprint density at radius 3 is 2.64 bits per heavy atom. The minimum absolute atomic E-state index is 0.170. The smallest absolute Gasteiger partial charge is 0.408 e. The van der Waals surface area contributed by atoms with Crippen LogP contribution in [0.2, 0.25) is 0 Å². The third-order valence-electron chi connectivity index (χ3n) is 7.43. The van der Waals surface area contributed by atoms with E-state index in [1.165, 1.54) is 17.6 Å². The zero-order chi connectivity index (χ0) is 30.6. The summed E-state index contributed by atoms with van der Waals surface area (Å²) in [4.78, 5) is 54.5. The van der Waals surface area contributed by atoms with Gasteiger partial charge in [-0.3, -0.25) is 9.59 Å². The summed E-state index contributed by atoms with van der Waals surface area (Å²) in [5.41, 5.74) is 0.690. The maximum atomic E-state index is 14.6. The Hall–Kier alpha value is -4.32. The summed E-state index contributed by atoms with van der Waals surface area (Å²) in [7, 11) is 0. The van der Waals surface area contributed by atoms with Gasteiger partial charge in [-0.15, -0.1) is 0 Å². The van der Waals surface area contributed by atoms with Crippen molar-refractivity contribution in [3.8, 4) is 11.4 Å². The first-order chi connectivity index (χ1) is 19.7. The van der Waals surface area contributed by atoms with E-state index in [-0.39, 0.29) is 36.7 Å². The highest BCUT2D eigenvalue weighted by Crippen LogP contribution is 2.39. The van der Waals surface area contributed by atoms with Crippen molar-refractivity contribution in [1.82, 2.24) is 20.2 Å². The molecule has 0 aliphatic carbocycles. The van der Waals surface area contributed by atoms with Gasteiger partial charge in [0, 0.05) is 29.1 Å². The fraction of sp³-hybridized carbons (Fsp3) is 0.433. The Bertz CT molecular complexity index is 1700. The number of halogens is 1. The molecule has 0 fully saturated rings. The van der Waals surface area contributed by atoms with E-state index < -0.39 is 34.6 Å². The number of benzene rings is 1. The number of rotatable bonds is 6. The van der Waals surface area contributed by atoms with Crippen molar-refractivity contribution in [2.75, 3.05) is 13.1 Å². The number of cyclic esters (lactones) is 1. The normalized spacial score (nSPS) is 17.3. The predicted octanol–water partition coefficient (Wildman–Crippen LogP) is 2.71. The van der Waals surface area contributed by atoms with Gasteiger partial charge in [0.1, 0.15) is 18.0 Å². The van der Waals surface area contributed by atoms with Crippen LogP contribution in [-0.2, 0) is 44.2 Å². The number of fused-ring (bicyclic) bond motifs is 5. The zero-order valence-corrected chi connectivity index (χ0v) is 24.1. The minimum atomic E-state index is -2.00. The summed E-state index contributed by atoms with van der Waals surface area (Å²) in [6, 6.07) is 4.67. The summed E-state index contributed by atoms with van der Waals surface area (Å²) in [6.45, 7) is 8.16. The van der Waals surface area contributed by atoms with Crippen molar-refractivity contribution in [2.24, 2.45) is 0 Å². The standard InChI is InChI=1S/C30H33FN4O7/c1-15-9-17-16(7-6-8-32-24(36)12-33-28(39)42-29(2,3)4)18-13-35-23(25(18)34-22(17)11-21(15)31)10-20-19(26(35)37)14-41-27(38)30(20,5)40/h9-11,40H,6-8,12-14H2,1-5H3,(H,32,36)(H,33,39)/t30-/m0/s1. The maximum Gasteiger partial charge on any atom is 0.408 e. The Morgan fingerprint density at radius 2 is 1.93 bits per heavy atom. The van der Waals surface area contributed by atoms with E-state index in [4.69, 9.17) is 14.5 Å². The molecule has 1 aromatic carbocycles. The van der Waals surface area contributed by atoms with E-state index in [1.807, 2.05) is 0 Å². The number of esters is 1. The molecular weight excluding hydrogens is 547 g/mol. The topological polar surface area (TPSA) is 149 Å². The lowest BCUT2D eigenvalue weighted by molar-refractivity contribution is -0.169. The summed E-state index contributed by atoms with van der Waals surface area (Å²) in [5.74, 6) is -1.64. The van der Waals surface area contributed by atoms with Gasteiger partial charge in [0.25, 0.3) is 5.56 Å². The highest BCUT2D eigenvalue weighted by Gasteiger charge is 2.43. The van der Waals surface area contributed by atoms with E-state index in [9.17, 15) is 28.7 Å². The zero-order valence-electron chi connectivity index (χ0n) is 24.1. The number of carbonyl (C=O) groups is 3. The van der Waals surface area contributed by atoms with E-state index >= 15 is 0 Å². The molecule has 0 radical (unpaired) electrons. The number of carbonyl (C=O) groups excluding carboxylic acids is 3. The predicted molar refractivity (Wildman–Crippen MR) is 150 cm³/mol. The van der Waals surface area contributed by atoms with Crippen molar-refractivity contribution >= 4 is 28.9 Å². The van der Waals surface area contributed by atoms with Crippen LogP contribution in [0.1, 0.15) is 61.9 Å². The molecule has 2 aromatic heterocycles. The average molecular weight is 581 g/mol. The van der Waals surface area contributed by atoms with Crippen LogP contribution in [0.15, 0.2) is 23.0 Å². The molecule has 0 bridgehead atoms. The van der Waals surface area contributed by atoms with Crippen LogP contribution < -0.4 is 16.2 Å². The molecule has 5 rings (SSSR count). The molecule has 1 atom stereocenters. The second-order valence-corrected chi connectivity index (χ2v) is 11.8. The molecule has 42 heavy (non-hydrogen) atoms. The van der Waals surface area contributed by atoms with Crippen LogP contribution in [0.5, 0.6) is 0 Å². The van der Waals surface area contributed by atoms with Crippen molar-refractivity contribution in [3.05, 3.63) is 62.2 Å². The number of nitrogens with one attached hydrogen (secondary N) is 2. The van der Waals surface area contributed by atoms with Crippen molar-refractivity contribution in [2.45, 2.75) is 71.8 Å². The molecule has 0 unspecified atom stereocenters. The maximum absolute atomic E-state index is 14.6. The molecule has 12 heteroatoms. The highest BCUT2D eigenvalue weighted by atomic mass is 19.1. The van der Waals surface area contributed by atoms with Gasteiger partial charge < -0.3 is 29.8 Å². The number of aryl methyl sites for hydroxylation is 2. The molecule has 2 aliphatic rings. The molecule has 11 nitrogen and oxygen atoms in total. The molecule has 2 aliphatic heterocycles. The Morgan fingerprint density at radius 1 is 1.19 bits per heavy atom. The molecule has 0 spiro atoms. The van der Waals surface area contributed by atoms with Crippen LogP contribution in [0, 0.1) is 12.7 Å². The van der Waals surface area contributed by atoms with E-state index in [1.54, 1.807) is 39.8 Å². The SMILES string of the molecule is Cc1cc2c(CCCNC(=O)CNC(=O)OC(C)(C)C)c3c(nc2cc1F)-c1cc2c(c(=O)n1C3)COC(=O)[C@@]2(C)O. The van der Waals surface area contributed by atoms with Gasteiger partial charge in [-0.05, 0) is 70.7 Å². The fourth-order valence-corrected chi connectivity index (χ4v) is 5.35. The number of hydrogen-bond donors (Lipinski definition) is 3. The number of ether oxygens (including phenoxy) is 2. The molecule has 3 N–H and O–H groups in total. The summed E-state index contributed by atoms with van der Waals surface area (Å²) in [6.07, 6.45) is 0.306. The summed E-state index contributed by atoms with van der Waals surface area (Å²) in [5, 5.41) is 16.8. The molecule has 0 saturated carbocycles. The van der Waals surface area contributed by atoms with E-state index in [2.05, 4.69) is 10.6 Å². The van der Waals surface area contributed by atoms with E-state index in [0.717, 1.165) is 16.5 Å². The molecule has 222 valence electrons. The lowest BCUT2D eigenvalue weighted by Crippen LogP contribution is -2.42. The van der Waals surface area contributed by atoms with Gasteiger partial charge in [-0.1, -0.05) is 0 Å². The number of nitrogens with zero attached hydrogens (tertiary/aromatic N) is 2. The molecule has 2 amide bonds. The monoisotopic (exact) mass is 580 g/mol. The van der Waals surface area contributed by atoms with Crippen LogP contribution >= 0.6 is 0 Å². The Labute approximate surface area is 241 Å². The second kappa shape index (κ2) is 10.5. The van der Waals surface area contributed by atoms with Crippen LogP contribution in [0.3, 0.4) is 0 Å². The van der Waals surface area contributed by atoms with Gasteiger partial charge in [0.15, 0.2) is 5.60 Å². The Balaban J connectivity index is 1.42. The number of alkyl carbamates (subject to hydrolysis) is 1. The van der Waals surface area contributed by atoms with Crippen molar-refractivity contribution < 1.29 is 33.4 Å². The summed E-state index contributed by atoms with van der Waals surface area (Å²) >= 11 is 0. The van der Waals surface area contributed by atoms with Gasteiger partial charge in [-0.2, -0.15) is 0 Å². The van der Waals surface area contributed by atoms with Gasteiger partial charge >= 0.3 is 12.1 Å². The second-order valence-electron chi connectivity index (χ2n) is 11.8. The van der Waals surface area contributed by atoms with Crippen molar-refractivity contribution in [1.29, 1.82) is 0 Å². The lowest BCUT2D eigenvalue weighted by atomic mass is 9.89. The van der Waals surface area contributed by atoms with E-state index in [0.29, 0.717) is 41.9 Å². The number of hydrogen-bond acceptors (Lipinski definition) is 8. The Kier molecular flexibility index (Phi) is 7.30. The number of aromatic nitrogens is 2. The van der Waals surface area contributed by atoms with Crippen LogP contribution in [0.25, 0.3) is 22.3 Å². The third-order valence-corrected chi connectivity index (χ3v) is 7.43. The lowest BCUT2D eigenvalue weighted by Gasteiger charge is -2.29. The quantitative estimate of drug-likeness (QED) is 0.233. The largest absolute Gasteiger partial charge is 0.458 e. The third kappa shape index (κ3) is 5.34.